The maximum Gasteiger partial charge on any atom is 0.0297 e. The van der Waals surface area contributed by atoms with Crippen LogP contribution in [0.1, 0.15) is 56.2 Å². The van der Waals surface area contributed by atoms with Crippen molar-refractivity contribution < 1.29 is 0 Å². The van der Waals surface area contributed by atoms with Crippen LogP contribution in [0.25, 0.3) is 0 Å². The maximum atomic E-state index is 6.40. The number of rotatable bonds is 4. The Bertz CT molecular complexity index is 395. The molecule has 2 aliphatic rings. The molecular weight excluding hydrogens is 218 g/mol. The smallest absolute Gasteiger partial charge is 0.0297 e. The monoisotopic (exact) mass is 243 g/mol. The summed E-state index contributed by atoms with van der Waals surface area (Å²) in [5, 5.41) is 0. The van der Waals surface area contributed by atoms with Crippen molar-refractivity contribution in [3.8, 4) is 0 Å². The van der Waals surface area contributed by atoms with E-state index in [0.717, 1.165) is 24.2 Å². The Hall–Kier alpha value is -0.820. The van der Waals surface area contributed by atoms with Crippen LogP contribution in [0, 0.1) is 17.8 Å². The van der Waals surface area contributed by atoms with Crippen LogP contribution in [0.3, 0.4) is 0 Å². The predicted octanol–water partition coefficient (Wildman–Crippen LogP) is 4.08. The van der Waals surface area contributed by atoms with E-state index in [1.165, 1.54) is 43.2 Å². The fourth-order valence-electron chi connectivity index (χ4n) is 4.13. The van der Waals surface area contributed by atoms with Crippen LogP contribution in [0.2, 0.25) is 0 Å². The molecule has 1 nitrogen and oxygen atoms in total. The van der Waals surface area contributed by atoms with Crippen LogP contribution in [0.4, 0.5) is 0 Å². The molecule has 2 N–H and O–H groups in total. The molecule has 0 saturated heterocycles. The highest BCUT2D eigenvalue weighted by Crippen LogP contribution is 2.50. The van der Waals surface area contributed by atoms with Gasteiger partial charge in [-0.05, 0) is 61.0 Å². The Morgan fingerprint density at radius 1 is 1.17 bits per heavy atom. The van der Waals surface area contributed by atoms with Crippen molar-refractivity contribution >= 4 is 0 Å². The van der Waals surface area contributed by atoms with E-state index in [1.807, 2.05) is 0 Å². The van der Waals surface area contributed by atoms with Gasteiger partial charge >= 0.3 is 0 Å². The average Bonchev–Trinajstić information content (AvgIpc) is 3.01. The van der Waals surface area contributed by atoms with Gasteiger partial charge in [0.1, 0.15) is 0 Å². The van der Waals surface area contributed by atoms with Crippen LogP contribution >= 0.6 is 0 Å². The largest absolute Gasteiger partial charge is 0.324 e. The van der Waals surface area contributed by atoms with Gasteiger partial charge in [0, 0.05) is 6.04 Å². The minimum absolute atomic E-state index is 0.250. The van der Waals surface area contributed by atoms with Gasteiger partial charge in [0.15, 0.2) is 0 Å². The molecule has 4 unspecified atom stereocenters. The molecule has 0 aliphatic heterocycles. The number of aryl methyl sites for hydroxylation is 1. The van der Waals surface area contributed by atoms with Crippen LogP contribution < -0.4 is 5.73 Å². The summed E-state index contributed by atoms with van der Waals surface area (Å²) in [6, 6.07) is 9.18. The summed E-state index contributed by atoms with van der Waals surface area (Å²) >= 11 is 0. The Balaban J connectivity index is 1.62. The van der Waals surface area contributed by atoms with Gasteiger partial charge in [-0.25, -0.2) is 0 Å². The minimum Gasteiger partial charge on any atom is -0.324 e. The van der Waals surface area contributed by atoms with Crippen molar-refractivity contribution in [2.24, 2.45) is 23.5 Å². The van der Waals surface area contributed by atoms with Crippen LogP contribution in [0.5, 0.6) is 0 Å². The molecule has 4 atom stereocenters. The summed E-state index contributed by atoms with van der Waals surface area (Å²) in [6.45, 7) is 2.20. The lowest BCUT2D eigenvalue weighted by molar-refractivity contribution is 0.296. The Labute approximate surface area is 111 Å². The zero-order valence-electron chi connectivity index (χ0n) is 11.4. The van der Waals surface area contributed by atoms with Crippen molar-refractivity contribution in [1.29, 1.82) is 0 Å². The zero-order chi connectivity index (χ0) is 12.5. The van der Waals surface area contributed by atoms with E-state index in [4.69, 9.17) is 5.73 Å². The summed E-state index contributed by atoms with van der Waals surface area (Å²) in [5.41, 5.74) is 9.14. The molecule has 0 spiro atoms. The number of hydrogen-bond acceptors (Lipinski definition) is 1. The first-order valence-electron chi connectivity index (χ1n) is 7.60. The van der Waals surface area contributed by atoms with E-state index in [9.17, 15) is 0 Å². The Morgan fingerprint density at radius 3 is 2.50 bits per heavy atom. The molecule has 0 radical (unpaired) electrons. The standard InChI is InChI=1S/C17H25N/c1-2-12-3-6-14(7-4-12)17(18)11-16-10-13-5-8-15(16)9-13/h3-4,6-7,13,15-17H,2,5,8-11,18H2,1H3. The fourth-order valence-corrected chi connectivity index (χ4v) is 4.13. The van der Waals surface area contributed by atoms with Crippen molar-refractivity contribution in [3.05, 3.63) is 35.4 Å². The van der Waals surface area contributed by atoms with Gasteiger partial charge in [0.2, 0.25) is 0 Å². The summed E-state index contributed by atoms with van der Waals surface area (Å²) in [6.07, 6.45) is 8.21. The first kappa shape index (κ1) is 12.2. The quantitative estimate of drug-likeness (QED) is 0.847. The van der Waals surface area contributed by atoms with E-state index in [2.05, 4.69) is 31.2 Å². The lowest BCUT2D eigenvalue weighted by Gasteiger charge is -2.25. The summed E-state index contributed by atoms with van der Waals surface area (Å²) in [5.74, 6) is 2.94. The molecule has 1 heteroatoms. The molecule has 1 aromatic rings. The van der Waals surface area contributed by atoms with Gasteiger partial charge in [-0.1, -0.05) is 37.6 Å². The average molecular weight is 243 g/mol. The SMILES string of the molecule is CCc1ccc(C(N)CC2CC3CCC2C3)cc1. The van der Waals surface area contributed by atoms with Crippen LogP contribution in [-0.2, 0) is 6.42 Å². The number of nitrogens with two attached hydrogens (primary N) is 1. The van der Waals surface area contributed by atoms with Gasteiger partial charge < -0.3 is 5.73 Å². The highest BCUT2D eigenvalue weighted by Gasteiger charge is 2.39. The third kappa shape index (κ3) is 2.33. The van der Waals surface area contributed by atoms with E-state index in [1.54, 1.807) is 0 Å². The molecule has 1 aromatic carbocycles. The predicted molar refractivity (Wildman–Crippen MR) is 76.3 cm³/mol. The first-order chi connectivity index (χ1) is 8.76. The van der Waals surface area contributed by atoms with Crippen LogP contribution in [-0.4, -0.2) is 0 Å². The highest BCUT2D eigenvalue weighted by molar-refractivity contribution is 5.25. The highest BCUT2D eigenvalue weighted by atomic mass is 14.6. The van der Waals surface area contributed by atoms with Crippen molar-refractivity contribution in [2.45, 2.75) is 51.5 Å². The minimum atomic E-state index is 0.250. The van der Waals surface area contributed by atoms with Gasteiger partial charge in [0.05, 0.1) is 0 Å². The third-order valence-electron chi connectivity index (χ3n) is 5.26. The molecule has 2 saturated carbocycles. The van der Waals surface area contributed by atoms with Gasteiger partial charge in [-0.15, -0.1) is 0 Å². The molecule has 98 valence electrons. The third-order valence-corrected chi connectivity index (χ3v) is 5.26. The van der Waals surface area contributed by atoms with Gasteiger partial charge in [-0.2, -0.15) is 0 Å². The molecule has 2 fully saturated rings. The second-order valence-electron chi connectivity index (χ2n) is 6.37. The fraction of sp³-hybridized carbons (Fsp3) is 0.647. The summed E-state index contributed by atoms with van der Waals surface area (Å²) in [4.78, 5) is 0. The molecule has 0 amide bonds. The normalized spacial score (nSPS) is 31.8. The van der Waals surface area contributed by atoms with Gasteiger partial charge in [-0.3, -0.25) is 0 Å². The number of fused-ring (bicyclic) bond motifs is 2. The molecular formula is C17H25N. The van der Waals surface area contributed by atoms with Crippen LogP contribution in [0.15, 0.2) is 24.3 Å². The topological polar surface area (TPSA) is 26.0 Å². The number of hydrogen-bond donors (Lipinski definition) is 1. The molecule has 0 aromatic heterocycles. The van der Waals surface area contributed by atoms with E-state index >= 15 is 0 Å². The van der Waals surface area contributed by atoms with E-state index in [-0.39, 0.29) is 6.04 Å². The lowest BCUT2D eigenvalue weighted by atomic mass is 9.83. The van der Waals surface area contributed by atoms with Crippen molar-refractivity contribution in [3.63, 3.8) is 0 Å². The zero-order valence-corrected chi connectivity index (χ0v) is 11.4. The van der Waals surface area contributed by atoms with E-state index < -0.39 is 0 Å². The molecule has 3 rings (SSSR count). The van der Waals surface area contributed by atoms with E-state index in [0.29, 0.717) is 0 Å². The van der Waals surface area contributed by atoms with Crippen molar-refractivity contribution in [1.82, 2.24) is 0 Å². The Kier molecular flexibility index (Phi) is 3.43. The summed E-state index contributed by atoms with van der Waals surface area (Å²) < 4.78 is 0. The molecule has 0 heterocycles. The molecule has 2 aliphatic carbocycles. The maximum absolute atomic E-state index is 6.40. The second-order valence-corrected chi connectivity index (χ2v) is 6.37. The second kappa shape index (κ2) is 5.05. The van der Waals surface area contributed by atoms with Gasteiger partial charge in [0.25, 0.3) is 0 Å². The Morgan fingerprint density at radius 2 is 1.94 bits per heavy atom. The first-order valence-corrected chi connectivity index (χ1v) is 7.60. The number of benzene rings is 1. The summed E-state index contributed by atoms with van der Waals surface area (Å²) in [7, 11) is 0. The van der Waals surface area contributed by atoms with Crippen molar-refractivity contribution in [2.75, 3.05) is 0 Å². The lowest BCUT2D eigenvalue weighted by Crippen LogP contribution is -2.19. The molecule has 2 bridgehead atoms. The molecule has 18 heavy (non-hydrogen) atoms.